The number of amides is 2. The van der Waals surface area contributed by atoms with Crippen molar-refractivity contribution >= 4 is 11.7 Å². The van der Waals surface area contributed by atoms with Gasteiger partial charge in [-0.15, -0.1) is 0 Å². The molecule has 5 heteroatoms. The highest BCUT2D eigenvalue weighted by Gasteiger charge is 2.02. The minimum atomic E-state index is -0.202. The lowest BCUT2D eigenvalue weighted by molar-refractivity contribution is 0.252. The Kier molecular flexibility index (Phi) is 4.65. The number of anilines is 1. The van der Waals surface area contributed by atoms with Crippen molar-refractivity contribution in [1.82, 2.24) is 15.3 Å². The van der Waals surface area contributed by atoms with E-state index in [9.17, 15) is 4.79 Å². The number of benzene rings is 1. The van der Waals surface area contributed by atoms with E-state index in [0.717, 1.165) is 22.4 Å². The van der Waals surface area contributed by atoms with Crippen molar-refractivity contribution in [3.05, 3.63) is 53.6 Å². The Labute approximate surface area is 118 Å². The van der Waals surface area contributed by atoms with Gasteiger partial charge in [-0.05, 0) is 49.1 Å². The molecule has 0 radical (unpaired) electrons. The molecule has 1 heterocycles. The van der Waals surface area contributed by atoms with Gasteiger partial charge in [0.15, 0.2) is 0 Å². The van der Waals surface area contributed by atoms with Crippen molar-refractivity contribution in [2.45, 2.75) is 20.3 Å². The fourth-order valence-electron chi connectivity index (χ4n) is 2.00. The summed E-state index contributed by atoms with van der Waals surface area (Å²) in [5, 5.41) is 5.64. The molecule has 2 rings (SSSR count). The topological polar surface area (TPSA) is 66.9 Å². The zero-order chi connectivity index (χ0) is 14.4. The second-order valence-corrected chi connectivity index (χ2v) is 4.75. The quantitative estimate of drug-likeness (QED) is 0.896. The molecule has 0 aliphatic rings. The molecule has 5 nitrogen and oxygen atoms in total. The number of aromatic nitrogens is 2. The maximum atomic E-state index is 11.8. The van der Waals surface area contributed by atoms with Crippen molar-refractivity contribution in [2.24, 2.45) is 0 Å². The van der Waals surface area contributed by atoms with E-state index in [4.69, 9.17) is 0 Å². The summed E-state index contributed by atoms with van der Waals surface area (Å²) < 4.78 is 0. The molecule has 104 valence electrons. The first-order chi connectivity index (χ1) is 9.63. The second-order valence-electron chi connectivity index (χ2n) is 4.75. The maximum Gasteiger partial charge on any atom is 0.319 e. The van der Waals surface area contributed by atoms with Crippen LogP contribution >= 0.6 is 0 Å². The molecule has 0 aliphatic carbocycles. The normalized spacial score (nSPS) is 10.1. The standard InChI is InChI=1S/C15H18N4O/c1-11-5-12(2)7-14(6-11)19-15(20)18-4-3-13-8-16-10-17-9-13/h5-10H,3-4H2,1-2H3,(H2,18,19,20). The lowest BCUT2D eigenvalue weighted by atomic mass is 10.1. The molecular formula is C15H18N4O. The van der Waals surface area contributed by atoms with Crippen LogP contribution in [-0.4, -0.2) is 22.5 Å². The molecular weight excluding hydrogens is 252 g/mol. The summed E-state index contributed by atoms with van der Waals surface area (Å²) in [4.78, 5) is 19.6. The number of rotatable bonds is 4. The van der Waals surface area contributed by atoms with E-state index >= 15 is 0 Å². The SMILES string of the molecule is Cc1cc(C)cc(NC(=O)NCCc2cncnc2)c1. The smallest absolute Gasteiger partial charge is 0.319 e. The van der Waals surface area contributed by atoms with Crippen molar-refractivity contribution in [3.63, 3.8) is 0 Å². The molecule has 0 saturated carbocycles. The van der Waals surface area contributed by atoms with Crippen LogP contribution in [0.25, 0.3) is 0 Å². The summed E-state index contributed by atoms with van der Waals surface area (Å²) >= 11 is 0. The zero-order valence-electron chi connectivity index (χ0n) is 11.7. The summed E-state index contributed by atoms with van der Waals surface area (Å²) in [5.74, 6) is 0. The molecule has 0 fully saturated rings. The fourth-order valence-corrected chi connectivity index (χ4v) is 2.00. The molecule has 0 atom stereocenters. The monoisotopic (exact) mass is 270 g/mol. The Morgan fingerprint density at radius 1 is 1.10 bits per heavy atom. The number of nitrogens with zero attached hydrogens (tertiary/aromatic N) is 2. The summed E-state index contributed by atoms with van der Waals surface area (Å²) in [5.41, 5.74) is 4.06. The van der Waals surface area contributed by atoms with E-state index in [-0.39, 0.29) is 6.03 Å². The van der Waals surface area contributed by atoms with Crippen LogP contribution in [0.5, 0.6) is 0 Å². The first kappa shape index (κ1) is 14.0. The first-order valence-electron chi connectivity index (χ1n) is 6.50. The van der Waals surface area contributed by atoms with Gasteiger partial charge >= 0.3 is 6.03 Å². The van der Waals surface area contributed by atoms with Crippen LogP contribution in [0.15, 0.2) is 36.9 Å². The van der Waals surface area contributed by atoms with E-state index in [1.54, 1.807) is 12.4 Å². The molecule has 20 heavy (non-hydrogen) atoms. The van der Waals surface area contributed by atoms with Gasteiger partial charge in [-0.25, -0.2) is 14.8 Å². The van der Waals surface area contributed by atoms with E-state index in [0.29, 0.717) is 13.0 Å². The van der Waals surface area contributed by atoms with Crippen LogP contribution in [-0.2, 0) is 6.42 Å². The Balaban J connectivity index is 1.81. The van der Waals surface area contributed by atoms with Crippen molar-refractivity contribution in [3.8, 4) is 0 Å². The van der Waals surface area contributed by atoms with E-state index in [1.807, 2.05) is 26.0 Å². The average Bonchev–Trinajstić information content (AvgIpc) is 2.38. The minimum Gasteiger partial charge on any atom is -0.338 e. The second kappa shape index (κ2) is 6.65. The summed E-state index contributed by atoms with van der Waals surface area (Å²) in [7, 11) is 0. The molecule has 0 spiro atoms. The number of hydrogen-bond donors (Lipinski definition) is 2. The highest BCUT2D eigenvalue weighted by atomic mass is 16.2. The zero-order valence-corrected chi connectivity index (χ0v) is 11.7. The van der Waals surface area contributed by atoms with Gasteiger partial charge < -0.3 is 10.6 Å². The molecule has 2 N–H and O–H groups in total. The van der Waals surface area contributed by atoms with Gasteiger partial charge in [0.2, 0.25) is 0 Å². The Morgan fingerprint density at radius 2 is 1.75 bits per heavy atom. The summed E-state index contributed by atoms with van der Waals surface area (Å²) in [6, 6.07) is 5.75. The Morgan fingerprint density at radius 3 is 2.40 bits per heavy atom. The summed E-state index contributed by atoms with van der Waals surface area (Å²) in [6.45, 7) is 4.56. The van der Waals surface area contributed by atoms with Gasteiger partial charge in [-0.1, -0.05) is 6.07 Å². The molecule has 0 unspecified atom stereocenters. The number of nitrogens with one attached hydrogen (secondary N) is 2. The number of carbonyl (C=O) groups excluding carboxylic acids is 1. The fraction of sp³-hybridized carbons (Fsp3) is 0.267. The highest BCUT2D eigenvalue weighted by molar-refractivity contribution is 5.89. The lowest BCUT2D eigenvalue weighted by Crippen LogP contribution is -2.30. The van der Waals surface area contributed by atoms with Gasteiger partial charge in [-0.3, -0.25) is 0 Å². The van der Waals surface area contributed by atoms with Crippen LogP contribution in [0.4, 0.5) is 10.5 Å². The average molecular weight is 270 g/mol. The van der Waals surface area contributed by atoms with Crippen LogP contribution in [0, 0.1) is 13.8 Å². The molecule has 0 aliphatic heterocycles. The van der Waals surface area contributed by atoms with Gasteiger partial charge in [0.05, 0.1) is 0 Å². The number of hydrogen-bond acceptors (Lipinski definition) is 3. The van der Waals surface area contributed by atoms with E-state index < -0.39 is 0 Å². The molecule has 0 bridgehead atoms. The molecule has 1 aromatic heterocycles. The van der Waals surface area contributed by atoms with Crippen LogP contribution in [0.1, 0.15) is 16.7 Å². The number of aryl methyl sites for hydroxylation is 2. The van der Waals surface area contributed by atoms with Crippen molar-refractivity contribution < 1.29 is 4.79 Å². The molecule has 2 amide bonds. The third-order valence-electron chi connectivity index (χ3n) is 2.79. The van der Waals surface area contributed by atoms with Crippen molar-refractivity contribution in [1.29, 1.82) is 0 Å². The van der Waals surface area contributed by atoms with Gasteiger partial charge in [0.25, 0.3) is 0 Å². The third-order valence-corrected chi connectivity index (χ3v) is 2.79. The van der Waals surface area contributed by atoms with Gasteiger partial charge in [0.1, 0.15) is 6.33 Å². The highest BCUT2D eigenvalue weighted by Crippen LogP contribution is 2.13. The minimum absolute atomic E-state index is 0.202. The third kappa shape index (κ3) is 4.35. The van der Waals surface area contributed by atoms with Crippen LogP contribution in [0.2, 0.25) is 0 Å². The number of urea groups is 1. The van der Waals surface area contributed by atoms with Gasteiger partial charge in [0, 0.05) is 24.6 Å². The van der Waals surface area contributed by atoms with E-state index in [2.05, 4.69) is 26.7 Å². The first-order valence-corrected chi connectivity index (χ1v) is 6.50. The Bertz CT molecular complexity index is 563. The number of carbonyl (C=O) groups is 1. The molecule has 1 aromatic carbocycles. The lowest BCUT2D eigenvalue weighted by Gasteiger charge is -2.09. The Hall–Kier alpha value is -2.43. The van der Waals surface area contributed by atoms with Crippen LogP contribution < -0.4 is 10.6 Å². The maximum absolute atomic E-state index is 11.8. The van der Waals surface area contributed by atoms with Crippen molar-refractivity contribution in [2.75, 3.05) is 11.9 Å². The van der Waals surface area contributed by atoms with Crippen LogP contribution in [0.3, 0.4) is 0 Å². The molecule has 2 aromatic rings. The predicted octanol–water partition coefficient (Wildman–Crippen LogP) is 2.46. The van der Waals surface area contributed by atoms with Gasteiger partial charge in [-0.2, -0.15) is 0 Å². The summed E-state index contributed by atoms with van der Waals surface area (Å²) in [6.07, 6.45) is 5.69. The molecule has 0 saturated heterocycles. The largest absolute Gasteiger partial charge is 0.338 e. The predicted molar refractivity (Wildman–Crippen MR) is 78.7 cm³/mol. The van der Waals surface area contributed by atoms with E-state index in [1.165, 1.54) is 6.33 Å².